The molecule has 0 fully saturated rings. The van der Waals surface area contributed by atoms with Crippen molar-refractivity contribution in [3.8, 4) is 11.4 Å². The minimum absolute atomic E-state index is 0.514. The number of aromatic nitrogens is 2. The van der Waals surface area contributed by atoms with Gasteiger partial charge in [0, 0.05) is 44.9 Å². The molecule has 9 rings (SSSR count). The lowest BCUT2D eigenvalue weighted by Gasteiger charge is -2.13. The maximum atomic E-state index is 6.08. The average Bonchev–Trinajstić information content (AvgIpc) is 3.58. The molecule has 0 aliphatic heterocycles. The quantitative estimate of drug-likeness (QED) is 0.224. The van der Waals surface area contributed by atoms with Gasteiger partial charge in [0.05, 0.1) is 22.1 Å². The Bertz CT molecular complexity index is 2500. The smallest absolute Gasteiger partial charge is 0.0619 e. The van der Waals surface area contributed by atoms with E-state index in [0.29, 0.717) is 6.54 Å². The van der Waals surface area contributed by atoms with Crippen LogP contribution >= 0.6 is 0 Å². The van der Waals surface area contributed by atoms with E-state index in [0.717, 1.165) is 11.3 Å². The van der Waals surface area contributed by atoms with Crippen molar-refractivity contribution in [3.63, 3.8) is 0 Å². The van der Waals surface area contributed by atoms with Gasteiger partial charge in [-0.15, -0.1) is 0 Å². The topological polar surface area (TPSA) is 35.9 Å². The van der Waals surface area contributed by atoms with Gasteiger partial charge in [-0.1, -0.05) is 97.1 Å². The highest BCUT2D eigenvalue weighted by molar-refractivity contribution is 6.31. The zero-order valence-corrected chi connectivity index (χ0v) is 23.0. The zero-order chi connectivity index (χ0) is 27.8. The molecule has 0 radical (unpaired) electrons. The Hall–Kier alpha value is -5.38. The van der Waals surface area contributed by atoms with Crippen LogP contribution in [0.25, 0.3) is 76.5 Å². The zero-order valence-electron chi connectivity index (χ0n) is 23.0. The van der Waals surface area contributed by atoms with Gasteiger partial charge in [-0.2, -0.15) is 0 Å². The monoisotopic (exact) mass is 537 g/mol. The Labute approximate surface area is 242 Å². The van der Waals surface area contributed by atoms with Crippen LogP contribution in [0.15, 0.2) is 140 Å². The first-order chi connectivity index (χ1) is 20.8. The first kappa shape index (κ1) is 23.3. The molecule has 3 nitrogen and oxygen atoms in total. The molecule has 42 heavy (non-hydrogen) atoms. The third-order valence-corrected chi connectivity index (χ3v) is 8.86. The molecule has 0 saturated heterocycles. The summed E-state index contributed by atoms with van der Waals surface area (Å²) < 4.78 is 4.82. The van der Waals surface area contributed by atoms with Crippen molar-refractivity contribution in [3.05, 3.63) is 145 Å². The minimum Gasteiger partial charge on any atom is -0.326 e. The number of benzene rings is 7. The lowest BCUT2D eigenvalue weighted by atomic mass is 9.96. The van der Waals surface area contributed by atoms with Gasteiger partial charge in [-0.3, -0.25) is 0 Å². The van der Waals surface area contributed by atoms with Gasteiger partial charge in [-0.05, 0) is 64.2 Å². The number of nitrogens with two attached hydrogens (primary N) is 1. The van der Waals surface area contributed by atoms with Crippen LogP contribution in [-0.4, -0.2) is 9.13 Å². The molecule has 0 saturated carbocycles. The fourth-order valence-electron chi connectivity index (χ4n) is 7.09. The first-order valence-electron chi connectivity index (χ1n) is 14.5. The predicted octanol–water partition coefficient (Wildman–Crippen LogP) is 9.65. The van der Waals surface area contributed by atoms with E-state index < -0.39 is 0 Å². The van der Waals surface area contributed by atoms with Crippen LogP contribution in [0.5, 0.6) is 0 Å². The molecule has 0 aliphatic carbocycles. The summed E-state index contributed by atoms with van der Waals surface area (Å²) >= 11 is 0. The molecule has 0 amide bonds. The van der Waals surface area contributed by atoms with Crippen LogP contribution in [0.1, 0.15) is 5.56 Å². The fourth-order valence-corrected chi connectivity index (χ4v) is 7.09. The summed E-state index contributed by atoms with van der Waals surface area (Å²) in [6.07, 6.45) is 0. The molecule has 2 heterocycles. The van der Waals surface area contributed by atoms with Crippen molar-refractivity contribution in [2.24, 2.45) is 5.73 Å². The SMILES string of the molecule is NCc1cccc(-n2c3ccccc3c3ccc4c(ccc5ccc6c(c7ccccc7n6-c6ccccc6)c54)c32)c1. The van der Waals surface area contributed by atoms with E-state index in [-0.39, 0.29) is 0 Å². The van der Waals surface area contributed by atoms with Crippen LogP contribution < -0.4 is 5.73 Å². The molecule has 7 aromatic carbocycles. The average molecular weight is 538 g/mol. The summed E-state index contributed by atoms with van der Waals surface area (Å²) in [5.41, 5.74) is 14.4. The van der Waals surface area contributed by atoms with Gasteiger partial charge in [0.25, 0.3) is 0 Å². The minimum atomic E-state index is 0.514. The second-order valence-electron chi connectivity index (χ2n) is 11.1. The molecule has 0 aliphatic rings. The third kappa shape index (κ3) is 3.14. The molecule has 3 heteroatoms. The normalized spacial score (nSPS) is 12.0. The van der Waals surface area contributed by atoms with Gasteiger partial charge in [-0.25, -0.2) is 0 Å². The fraction of sp³-hybridized carbons (Fsp3) is 0.0256. The second kappa shape index (κ2) is 8.81. The summed E-state index contributed by atoms with van der Waals surface area (Å²) in [6.45, 7) is 0.514. The highest BCUT2D eigenvalue weighted by atomic mass is 15.0. The molecule has 198 valence electrons. The number of para-hydroxylation sites is 3. The van der Waals surface area contributed by atoms with Crippen LogP contribution in [0, 0.1) is 0 Å². The molecule has 9 aromatic rings. The molecular formula is C39H27N3. The Morgan fingerprint density at radius 3 is 1.90 bits per heavy atom. The maximum absolute atomic E-state index is 6.08. The Kier molecular flexibility index (Phi) is 4.89. The number of hydrogen-bond acceptors (Lipinski definition) is 1. The lowest BCUT2D eigenvalue weighted by molar-refractivity contribution is 1.06. The van der Waals surface area contributed by atoms with Crippen molar-refractivity contribution in [1.82, 2.24) is 9.13 Å². The number of rotatable bonds is 3. The van der Waals surface area contributed by atoms with Gasteiger partial charge in [0.1, 0.15) is 0 Å². The Morgan fingerprint density at radius 2 is 1.07 bits per heavy atom. The third-order valence-electron chi connectivity index (χ3n) is 8.86. The molecule has 2 aromatic heterocycles. The van der Waals surface area contributed by atoms with E-state index in [9.17, 15) is 0 Å². The van der Waals surface area contributed by atoms with Crippen molar-refractivity contribution in [2.75, 3.05) is 0 Å². The molecular weight excluding hydrogens is 510 g/mol. The van der Waals surface area contributed by atoms with Crippen LogP contribution in [0.3, 0.4) is 0 Å². The van der Waals surface area contributed by atoms with Gasteiger partial charge in [0.2, 0.25) is 0 Å². The lowest BCUT2D eigenvalue weighted by Crippen LogP contribution is -1.99. The van der Waals surface area contributed by atoms with E-state index in [4.69, 9.17) is 5.73 Å². The number of nitrogens with zero attached hydrogens (tertiary/aromatic N) is 2. The molecule has 0 atom stereocenters. The Balaban J connectivity index is 1.49. The molecule has 0 spiro atoms. The van der Waals surface area contributed by atoms with Crippen LogP contribution in [0.4, 0.5) is 0 Å². The summed E-state index contributed by atoms with van der Waals surface area (Å²) in [5.74, 6) is 0. The highest BCUT2D eigenvalue weighted by Crippen LogP contribution is 2.43. The summed E-state index contributed by atoms with van der Waals surface area (Å²) in [4.78, 5) is 0. The van der Waals surface area contributed by atoms with Crippen LogP contribution in [0.2, 0.25) is 0 Å². The number of hydrogen-bond donors (Lipinski definition) is 1. The second-order valence-corrected chi connectivity index (χ2v) is 11.1. The van der Waals surface area contributed by atoms with E-state index in [1.54, 1.807) is 0 Å². The summed E-state index contributed by atoms with van der Waals surface area (Å²) in [6, 6.07) is 50.6. The van der Waals surface area contributed by atoms with Gasteiger partial charge < -0.3 is 14.9 Å². The maximum Gasteiger partial charge on any atom is 0.0619 e. The first-order valence-corrected chi connectivity index (χ1v) is 14.5. The Morgan fingerprint density at radius 1 is 0.429 bits per heavy atom. The molecule has 0 bridgehead atoms. The summed E-state index contributed by atoms with van der Waals surface area (Å²) in [5, 5.41) is 10.1. The van der Waals surface area contributed by atoms with Crippen molar-refractivity contribution in [1.29, 1.82) is 0 Å². The van der Waals surface area contributed by atoms with E-state index >= 15 is 0 Å². The van der Waals surface area contributed by atoms with Crippen LogP contribution in [-0.2, 0) is 6.54 Å². The van der Waals surface area contributed by atoms with E-state index in [2.05, 4.69) is 149 Å². The van der Waals surface area contributed by atoms with E-state index in [1.165, 1.54) is 70.8 Å². The van der Waals surface area contributed by atoms with E-state index in [1.807, 2.05) is 0 Å². The van der Waals surface area contributed by atoms with Crippen molar-refractivity contribution >= 4 is 65.2 Å². The number of fused-ring (bicyclic) bond motifs is 11. The molecule has 2 N–H and O–H groups in total. The van der Waals surface area contributed by atoms with Gasteiger partial charge in [0.15, 0.2) is 0 Å². The largest absolute Gasteiger partial charge is 0.326 e. The molecule has 0 unspecified atom stereocenters. The summed E-state index contributed by atoms with van der Waals surface area (Å²) in [7, 11) is 0. The standard InChI is InChI=1S/C39H27N3/c40-24-25-9-8-12-28(23-25)42-34-15-6-4-13-29(34)31-21-20-30-32(39(31)42)19-17-26-18-22-36-38(37(26)30)33-14-5-7-16-35(33)41(36)27-10-2-1-3-11-27/h1-23H,24,40H2. The predicted molar refractivity (Wildman–Crippen MR) is 178 cm³/mol. The van der Waals surface area contributed by atoms with Gasteiger partial charge >= 0.3 is 0 Å². The van der Waals surface area contributed by atoms with Crippen molar-refractivity contribution in [2.45, 2.75) is 6.54 Å². The van der Waals surface area contributed by atoms with Crippen molar-refractivity contribution < 1.29 is 0 Å². The highest BCUT2D eigenvalue weighted by Gasteiger charge is 2.19.